The maximum Gasteiger partial charge on any atom is 0.137 e. The lowest BCUT2D eigenvalue weighted by atomic mass is 10.0. The summed E-state index contributed by atoms with van der Waals surface area (Å²) in [5.41, 5.74) is 1.13. The molecule has 0 radical (unpaired) electrons. The average molecular weight is 294 g/mol. The Hall–Kier alpha value is -1.40. The number of aliphatic hydroxyl groups excluding tert-OH is 1. The molecule has 6 nitrogen and oxygen atoms in total. The Morgan fingerprint density at radius 1 is 1.48 bits per heavy atom. The molecule has 0 spiro atoms. The largest absolute Gasteiger partial charge is 0.394 e. The maximum atomic E-state index is 9.36. The molecule has 1 aromatic heterocycles. The van der Waals surface area contributed by atoms with E-state index in [1.807, 2.05) is 0 Å². The smallest absolute Gasteiger partial charge is 0.137 e. The van der Waals surface area contributed by atoms with Gasteiger partial charge in [0.15, 0.2) is 0 Å². The van der Waals surface area contributed by atoms with Crippen molar-refractivity contribution in [3.8, 4) is 0 Å². The number of aromatic nitrogens is 2. The molecule has 1 aliphatic rings. The molecular weight excluding hydrogens is 268 g/mol. The number of anilines is 2. The van der Waals surface area contributed by atoms with Crippen LogP contribution in [0, 0.1) is 0 Å². The van der Waals surface area contributed by atoms with Crippen molar-refractivity contribution in [2.45, 2.75) is 45.8 Å². The van der Waals surface area contributed by atoms with Gasteiger partial charge in [-0.3, -0.25) is 0 Å². The second kappa shape index (κ2) is 7.04. The van der Waals surface area contributed by atoms with E-state index in [9.17, 15) is 5.11 Å². The summed E-state index contributed by atoms with van der Waals surface area (Å²) in [6.07, 6.45) is 1.45. The van der Waals surface area contributed by atoms with Gasteiger partial charge in [0.1, 0.15) is 18.0 Å². The third kappa shape index (κ3) is 3.44. The molecule has 2 atom stereocenters. The molecule has 2 heterocycles. The minimum Gasteiger partial charge on any atom is -0.394 e. The highest BCUT2D eigenvalue weighted by Gasteiger charge is 2.29. The molecule has 0 bridgehead atoms. The molecule has 1 aromatic rings. The van der Waals surface area contributed by atoms with E-state index >= 15 is 0 Å². The number of nitrogens with one attached hydrogen (secondary N) is 1. The quantitative estimate of drug-likeness (QED) is 0.860. The van der Waals surface area contributed by atoms with E-state index in [0.717, 1.165) is 23.7 Å². The van der Waals surface area contributed by atoms with E-state index in [1.165, 1.54) is 0 Å². The van der Waals surface area contributed by atoms with Crippen molar-refractivity contribution < 1.29 is 9.84 Å². The van der Waals surface area contributed by atoms with E-state index < -0.39 is 0 Å². The van der Waals surface area contributed by atoms with E-state index in [-0.39, 0.29) is 18.8 Å². The highest BCUT2D eigenvalue weighted by atomic mass is 16.5. The third-order valence-electron chi connectivity index (χ3n) is 3.77. The van der Waals surface area contributed by atoms with Gasteiger partial charge in [-0.25, -0.2) is 9.97 Å². The van der Waals surface area contributed by atoms with E-state index in [2.05, 4.69) is 47.9 Å². The number of morpholine rings is 1. The van der Waals surface area contributed by atoms with E-state index in [1.54, 1.807) is 6.33 Å². The first-order chi connectivity index (χ1) is 10.1. The SMILES string of the molecule is CCNc1ncnc(N2CC(CO)OCC2C)c1C(C)C. The summed E-state index contributed by atoms with van der Waals surface area (Å²) < 4.78 is 5.62. The molecule has 1 fully saturated rings. The Balaban J connectivity index is 2.39. The minimum atomic E-state index is -0.154. The molecule has 2 N–H and O–H groups in total. The molecule has 21 heavy (non-hydrogen) atoms. The zero-order valence-electron chi connectivity index (χ0n) is 13.3. The second-order valence-corrected chi connectivity index (χ2v) is 5.78. The van der Waals surface area contributed by atoms with Gasteiger partial charge in [0.25, 0.3) is 0 Å². The Labute approximate surface area is 126 Å². The van der Waals surface area contributed by atoms with E-state index in [0.29, 0.717) is 19.1 Å². The topological polar surface area (TPSA) is 70.5 Å². The first-order valence-corrected chi connectivity index (χ1v) is 7.66. The minimum absolute atomic E-state index is 0.0331. The molecule has 0 amide bonds. The number of rotatable bonds is 5. The van der Waals surface area contributed by atoms with Crippen LogP contribution in [0.1, 0.15) is 39.2 Å². The van der Waals surface area contributed by atoms with Crippen LogP contribution in [0.4, 0.5) is 11.6 Å². The Morgan fingerprint density at radius 3 is 2.86 bits per heavy atom. The van der Waals surface area contributed by atoms with Crippen molar-refractivity contribution in [1.29, 1.82) is 0 Å². The molecule has 1 saturated heterocycles. The highest BCUT2D eigenvalue weighted by molar-refractivity contribution is 5.61. The Morgan fingerprint density at radius 2 is 2.24 bits per heavy atom. The molecule has 2 unspecified atom stereocenters. The number of aliphatic hydroxyl groups is 1. The summed E-state index contributed by atoms with van der Waals surface area (Å²) in [6, 6.07) is 0.231. The lowest BCUT2D eigenvalue weighted by Crippen LogP contribution is -2.50. The fourth-order valence-corrected chi connectivity index (χ4v) is 2.68. The third-order valence-corrected chi connectivity index (χ3v) is 3.77. The summed E-state index contributed by atoms with van der Waals surface area (Å²) in [5, 5.41) is 12.7. The lowest BCUT2D eigenvalue weighted by molar-refractivity contribution is -0.0106. The fourth-order valence-electron chi connectivity index (χ4n) is 2.68. The van der Waals surface area contributed by atoms with Crippen LogP contribution in [-0.4, -0.2) is 53.5 Å². The van der Waals surface area contributed by atoms with Crippen LogP contribution in [0.5, 0.6) is 0 Å². The summed E-state index contributed by atoms with van der Waals surface area (Å²) in [5.74, 6) is 2.17. The van der Waals surface area contributed by atoms with E-state index in [4.69, 9.17) is 4.74 Å². The average Bonchev–Trinajstić information content (AvgIpc) is 2.47. The van der Waals surface area contributed by atoms with Gasteiger partial charge in [-0.05, 0) is 19.8 Å². The molecule has 1 aliphatic heterocycles. The van der Waals surface area contributed by atoms with Crippen molar-refractivity contribution in [2.75, 3.05) is 36.5 Å². The van der Waals surface area contributed by atoms with Gasteiger partial charge in [-0.1, -0.05) is 13.8 Å². The van der Waals surface area contributed by atoms with Gasteiger partial charge in [-0.15, -0.1) is 0 Å². The summed E-state index contributed by atoms with van der Waals surface area (Å²) in [7, 11) is 0. The molecule has 6 heteroatoms. The Kier molecular flexibility index (Phi) is 5.36. The van der Waals surface area contributed by atoms with Gasteiger partial charge in [0.2, 0.25) is 0 Å². The standard InChI is InChI=1S/C15H26N4O2/c1-5-16-14-13(10(2)3)15(18-9-17-14)19-6-12(7-20)21-8-11(19)4/h9-12,20H,5-8H2,1-4H3,(H,16,17,18). The van der Waals surface area contributed by atoms with Gasteiger partial charge in [0, 0.05) is 18.7 Å². The van der Waals surface area contributed by atoms with Gasteiger partial charge in [0.05, 0.1) is 25.4 Å². The Bertz CT molecular complexity index is 467. The molecule has 118 valence electrons. The lowest BCUT2D eigenvalue weighted by Gasteiger charge is -2.39. The molecule has 0 aromatic carbocycles. The monoisotopic (exact) mass is 294 g/mol. The van der Waals surface area contributed by atoms with Crippen LogP contribution in [0.3, 0.4) is 0 Å². The first-order valence-electron chi connectivity index (χ1n) is 7.66. The zero-order valence-corrected chi connectivity index (χ0v) is 13.3. The predicted octanol–water partition coefficient (Wildman–Crippen LogP) is 1.62. The number of hydrogen-bond donors (Lipinski definition) is 2. The zero-order chi connectivity index (χ0) is 15.4. The highest BCUT2D eigenvalue weighted by Crippen LogP contribution is 2.33. The normalized spacial score (nSPS) is 22.7. The maximum absolute atomic E-state index is 9.36. The van der Waals surface area contributed by atoms with Crippen molar-refractivity contribution in [3.63, 3.8) is 0 Å². The molecule has 0 aliphatic carbocycles. The molecular formula is C15H26N4O2. The van der Waals surface area contributed by atoms with Crippen LogP contribution < -0.4 is 10.2 Å². The number of hydrogen-bond acceptors (Lipinski definition) is 6. The van der Waals surface area contributed by atoms with Crippen LogP contribution in [0.15, 0.2) is 6.33 Å². The van der Waals surface area contributed by atoms with Gasteiger partial charge >= 0.3 is 0 Å². The number of ether oxygens (including phenoxy) is 1. The molecule has 2 rings (SSSR count). The van der Waals surface area contributed by atoms with Crippen molar-refractivity contribution in [3.05, 3.63) is 11.9 Å². The molecule has 0 saturated carbocycles. The van der Waals surface area contributed by atoms with Crippen molar-refractivity contribution >= 4 is 11.6 Å². The fraction of sp³-hybridized carbons (Fsp3) is 0.733. The van der Waals surface area contributed by atoms with Crippen LogP contribution in [-0.2, 0) is 4.74 Å². The summed E-state index contributed by atoms with van der Waals surface area (Å²) in [4.78, 5) is 11.1. The van der Waals surface area contributed by atoms with Crippen molar-refractivity contribution in [1.82, 2.24) is 9.97 Å². The van der Waals surface area contributed by atoms with Crippen molar-refractivity contribution in [2.24, 2.45) is 0 Å². The van der Waals surface area contributed by atoms with Crippen LogP contribution in [0.2, 0.25) is 0 Å². The predicted molar refractivity (Wildman–Crippen MR) is 83.9 cm³/mol. The second-order valence-electron chi connectivity index (χ2n) is 5.78. The van der Waals surface area contributed by atoms with Gasteiger partial charge < -0.3 is 20.1 Å². The first kappa shape index (κ1) is 16.0. The summed E-state index contributed by atoms with van der Waals surface area (Å²) in [6.45, 7) is 10.6. The summed E-state index contributed by atoms with van der Waals surface area (Å²) >= 11 is 0. The van der Waals surface area contributed by atoms with Crippen LogP contribution >= 0.6 is 0 Å². The number of nitrogens with zero attached hydrogens (tertiary/aromatic N) is 3. The van der Waals surface area contributed by atoms with Gasteiger partial charge in [-0.2, -0.15) is 0 Å². The van der Waals surface area contributed by atoms with Crippen LogP contribution in [0.25, 0.3) is 0 Å².